The summed E-state index contributed by atoms with van der Waals surface area (Å²) in [4.78, 5) is 20.1. The molecule has 0 aliphatic heterocycles. The molecule has 1 N–H and O–H groups in total. The number of nitrogens with one attached hydrogen (secondary N) is 1. The molecular weight excluding hydrogens is 325 g/mol. The van der Waals surface area contributed by atoms with E-state index >= 15 is 0 Å². The lowest BCUT2D eigenvalue weighted by atomic mass is 10.1. The van der Waals surface area contributed by atoms with Crippen LogP contribution in [0.2, 0.25) is 10.3 Å². The van der Waals surface area contributed by atoms with Gasteiger partial charge < -0.3 is 4.74 Å². The number of aromatic nitrogens is 2. The van der Waals surface area contributed by atoms with Crippen LogP contribution in [0.25, 0.3) is 11.1 Å². The molecule has 0 aliphatic carbocycles. The number of amides is 1. The predicted molar refractivity (Wildman–Crippen MR) is 87.3 cm³/mol. The lowest BCUT2D eigenvalue weighted by Gasteiger charge is -2.20. The topological polar surface area (TPSA) is 64.1 Å². The van der Waals surface area contributed by atoms with Gasteiger partial charge in [-0.25, -0.2) is 14.8 Å². The molecule has 0 saturated carbocycles. The summed E-state index contributed by atoms with van der Waals surface area (Å²) in [6.45, 7) is 5.35. The molecule has 2 aromatic heterocycles. The highest BCUT2D eigenvalue weighted by Crippen LogP contribution is 2.32. The molecule has 0 fully saturated rings. The first-order valence-corrected chi connectivity index (χ1v) is 7.29. The smallest absolute Gasteiger partial charge is 0.413 e. The fraction of sp³-hybridized carbons (Fsp3) is 0.267. The summed E-state index contributed by atoms with van der Waals surface area (Å²) in [5.74, 6) is 0.336. The van der Waals surface area contributed by atoms with Crippen LogP contribution in [0.3, 0.4) is 0 Å². The van der Waals surface area contributed by atoms with Crippen LogP contribution < -0.4 is 5.32 Å². The summed E-state index contributed by atoms with van der Waals surface area (Å²) in [6.07, 6.45) is 0.971. The summed E-state index contributed by atoms with van der Waals surface area (Å²) in [6, 6.07) is 6.85. The van der Waals surface area contributed by atoms with Crippen LogP contribution in [0.4, 0.5) is 10.6 Å². The molecule has 0 radical (unpaired) electrons. The van der Waals surface area contributed by atoms with Crippen LogP contribution in [0.15, 0.2) is 30.5 Å². The SMILES string of the molecule is CC(C)(C)OC(=O)Nc1ncccc1-c1ccc(Cl)nc1Cl. The Hall–Kier alpha value is -1.85. The fourth-order valence-electron chi connectivity index (χ4n) is 1.74. The number of pyridine rings is 2. The average molecular weight is 340 g/mol. The van der Waals surface area contributed by atoms with Gasteiger partial charge in [0.05, 0.1) is 0 Å². The minimum absolute atomic E-state index is 0.229. The number of hydrogen-bond donors (Lipinski definition) is 1. The fourth-order valence-corrected chi connectivity index (χ4v) is 2.18. The van der Waals surface area contributed by atoms with E-state index in [2.05, 4.69) is 15.3 Å². The molecule has 0 bridgehead atoms. The molecule has 0 atom stereocenters. The molecule has 0 saturated heterocycles. The van der Waals surface area contributed by atoms with Gasteiger partial charge in [-0.3, -0.25) is 5.32 Å². The van der Waals surface area contributed by atoms with Crippen molar-refractivity contribution in [1.29, 1.82) is 0 Å². The zero-order valence-corrected chi connectivity index (χ0v) is 13.9. The Morgan fingerprint density at radius 2 is 1.91 bits per heavy atom. The van der Waals surface area contributed by atoms with Gasteiger partial charge >= 0.3 is 6.09 Å². The van der Waals surface area contributed by atoms with Crippen molar-refractivity contribution in [3.05, 3.63) is 40.8 Å². The maximum atomic E-state index is 11.9. The van der Waals surface area contributed by atoms with E-state index in [-0.39, 0.29) is 5.15 Å². The first-order chi connectivity index (χ1) is 10.3. The van der Waals surface area contributed by atoms with Crippen LogP contribution in [-0.4, -0.2) is 21.7 Å². The molecular formula is C15H15Cl2N3O2. The van der Waals surface area contributed by atoms with E-state index in [0.717, 1.165) is 0 Å². The van der Waals surface area contributed by atoms with Crippen molar-refractivity contribution in [2.45, 2.75) is 26.4 Å². The molecule has 5 nitrogen and oxygen atoms in total. The van der Waals surface area contributed by atoms with Gasteiger partial charge in [-0.05, 0) is 45.0 Å². The number of carbonyl (C=O) groups excluding carboxylic acids is 1. The molecule has 2 aromatic rings. The van der Waals surface area contributed by atoms with E-state index in [9.17, 15) is 4.79 Å². The molecule has 0 spiro atoms. The zero-order valence-electron chi connectivity index (χ0n) is 12.4. The Kier molecular flexibility index (Phi) is 4.88. The number of hydrogen-bond acceptors (Lipinski definition) is 4. The zero-order chi connectivity index (χ0) is 16.3. The van der Waals surface area contributed by atoms with Crippen molar-refractivity contribution in [1.82, 2.24) is 9.97 Å². The quantitative estimate of drug-likeness (QED) is 0.798. The van der Waals surface area contributed by atoms with Gasteiger partial charge in [0, 0.05) is 17.3 Å². The molecule has 22 heavy (non-hydrogen) atoms. The normalized spacial score (nSPS) is 11.1. The van der Waals surface area contributed by atoms with E-state index in [0.29, 0.717) is 22.1 Å². The summed E-state index contributed by atoms with van der Waals surface area (Å²) in [7, 11) is 0. The Balaban J connectivity index is 2.33. The van der Waals surface area contributed by atoms with Gasteiger partial charge in [0.25, 0.3) is 0 Å². The molecule has 0 aromatic carbocycles. The van der Waals surface area contributed by atoms with Crippen molar-refractivity contribution in [2.75, 3.05) is 5.32 Å². The lowest BCUT2D eigenvalue weighted by Crippen LogP contribution is -2.27. The van der Waals surface area contributed by atoms with Gasteiger partial charge in [-0.2, -0.15) is 0 Å². The Bertz CT molecular complexity index is 699. The van der Waals surface area contributed by atoms with Crippen molar-refractivity contribution in [3.8, 4) is 11.1 Å². The molecule has 0 aliphatic rings. The van der Waals surface area contributed by atoms with E-state index in [1.165, 1.54) is 0 Å². The third kappa shape index (κ3) is 4.32. The predicted octanol–water partition coefficient (Wildman–Crippen LogP) is 4.80. The van der Waals surface area contributed by atoms with Crippen molar-refractivity contribution in [2.24, 2.45) is 0 Å². The maximum Gasteiger partial charge on any atom is 0.413 e. The Morgan fingerprint density at radius 1 is 1.18 bits per heavy atom. The molecule has 7 heteroatoms. The standard InChI is InChI=1S/C15H15Cl2N3O2/c1-15(2,3)22-14(21)20-13-10(5-4-8-18-13)9-6-7-11(16)19-12(9)17/h4-8H,1-3H3,(H,18,20,21). The molecule has 1 amide bonds. The van der Waals surface area contributed by atoms with Gasteiger partial charge in [-0.15, -0.1) is 0 Å². The second-order valence-electron chi connectivity index (χ2n) is 5.50. The van der Waals surface area contributed by atoms with Crippen molar-refractivity contribution >= 4 is 35.1 Å². The number of ether oxygens (including phenoxy) is 1. The summed E-state index contributed by atoms with van der Waals surface area (Å²) in [5.41, 5.74) is 0.645. The number of anilines is 1. The number of halogens is 2. The largest absolute Gasteiger partial charge is 0.444 e. The van der Waals surface area contributed by atoms with Gasteiger partial charge in [0.15, 0.2) is 0 Å². The summed E-state index contributed by atoms with van der Waals surface area (Å²) in [5, 5.41) is 3.14. The summed E-state index contributed by atoms with van der Waals surface area (Å²) < 4.78 is 5.22. The molecule has 0 unspecified atom stereocenters. The van der Waals surface area contributed by atoms with Crippen LogP contribution in [0.5, 0.6) is 0 Å². The summed E-state index contributed by atoms with van der Waals surface area (Å²) >= 11 is 11.9. The third-order valence-corrected chi connectivity index (χ3v) is 3.03. The highest BCUT2D eigenvalue weighted by Gasteiger charge is 2.19. The number of rotatable bonds is 2. The average Bonchev–Trinajstić information content (AvgIpc) is 2.37. The van der Waals surface area contributed by atoms with Gasteiger partial charge in [0.1, 0.15) is 21.7 Å². The van der Waals surface area contributed by atoms with E-state index in [4.69, 9.17) is 27.9 Å². The Morgan fingerprint density at radius 3 is 2.55 bits per heavy atom. The second-order valence-corrected chi connectivity index (χ2v) is 6.24. The van der Waals surface area contributed by atoms with Crippen LogP contribution in [0.1, 0.15) is 20.8 Å². The second kappa shape index (κ2) is 6.50. The van der Waals surface area contributed by atoms with E-state index < -0.39 is 11.7 Å². The number of nitrogens with zero attached hydrogens (tertiary/aromatic N) is 2. The minimum Gasteiger partial charge on any atom is -0.444 e. The highest BCUT2D eigenvalue weighted by atomic mass is 35.5. The van der Waals surface area contributed by atoms with Crippen molar-refractivity contribution in [3.63, 3.8) is 0 Å². The highest BCUT2D eigenvalue weighted by molar-refractivity contribution is 6.34. The first kappa shape index (κ1) is 16.5. The molecule has 2 rings (SSSR count). The van der Waals surface area contributed by atoms with Crippen LogP contribution >= 0.6 is 23.2 Å². The van der Waals surface area contributed by atoms with E-state index in [1.807, 2.05) is 0 Å². The maximum absolute atomic E-state index is 11.9. The van der Waals surface area contributed by atoms with Gasteiger partial charge in [0.2, 0.25) is 0 Å². The Labute approximate surface area is 138 Å². The van der Waals surface area contributed by atoms with E-state index in [1.54, 1.807) is 51.2 Å². The molecule has 2 heterocycles. The lowest BCUT2D eigenvalue weighted by molar-refractivity contribution is 0.0635. The van der Waals surface area contributed by atoms with Gasteiger partial charge in [-0.1, -0.05) is 23.2 Å². The number of carbonyl (C=O) groups is 1. The molecule has 116 valence electrons. The third-order valence-electron chi connectivity index (χ3n) is 2.53. The van der Waals surface area contributed by atoms with Crippen molar-refractivity contribution < 1.29 is 9.53 Å². The minimum atomic E-state index is -0.599. The first-order valence-electron chi connectivity index (χ1n) is 6.54. The van der Waals surface area contributed by atoms with Crippen LogP contribution in [-0.2, 0) is 4.74 Å². The van der Waals surface area contributed by atoms with Crippen LogP contribution in [0, 0.1) is 0 Å². The monoisotopic (exact) mass is 339 g/mol.